The van der Waals surface area contributed by atoms with Crippen molar-refractivity contribution >= 4 is 11.6 Å². The van der Waals surface area contributed by atoms with E-state index < -0.39 is 0 Å². The van der Waals surface area contributed by atoms with Crippen LogP contribution < -0.4 is 5.56 Å². The molecule has 0 radical (unpaired) electrons. The SMILES string of the molecule is Cc1ccn2c(=O)cc(CN3CCN(CC(=O)N4CCCCCC4)CC3)nc2c1. The van der Waals surface area contributed by atoms with Crippen molar-refractivity contribution in [3.8, 4) is 0 Å². The van der Waals surface area contributed by atoms with Crippen LogP contribution in [0.5, 0.6) is 0 Å². The molecule has 2 aromatic heterocycles. The number of fused-ring (bicyclic) bond motifs is 1. The molecule has 2 saturated heterocycles. The van der Waals surface area contributed by atoms with Crippen molar-refractivity contribution in [1.82, 2.24) is 24.1 Å². The Bertz CT molecular complexity index is 909. The third kappa shape index (κ3) is 5.03. The van der Waals surface area contributed by atoms with Gasteiger partial charge < -0.3 is 4.90 Å². The van der Waals surface area contributed by atoms with Crippen LogP contribution in [0.1, 0.15) is 36.9 Å². The van der Waals surface area contributed by atoms with E-state index in [1.807, 2.05) is 24.0 Å². The number of carbonyl (C=O) groups excluding carboxylic acids is 1. The molecule has 0 aliphatic carbocycles. The number of likely N-dealkylation sites (tertiary alicyclic amines) is 1. The van der Waals surface area contributed by atoms with E-state index in [9.17, 15) is 9.59 Å². The predicted octanol–water partition coefficient (Wildman–Crippen LogP) is 1.52. The van der Waals surface area contributed by atoms with Gasteiger partial charge in [-0.25, -0.2) is 4.98 Å². The summed E-state index contributed by atoms with van der Waals surface area (Å²) in [6, 6.07) is 5.50. The first kappa shape index (κ1) is 20.0. The number of aromatic nitrogens is 2. The highest BCUT2D eigenvalue weighted by molar-refractivity contribution is 5.78. The predicted molar refractivity (Wildman–Crippen MR) is 113 cm³/mol. The zero-order valence-electron chi connectivity index (χ0n) is 17.3. The minimum atomic E-state index is -0.0355. The standard InChI is InChI=1S/C22H31N5O2/c1-18-6-9-27-20(14-18)23-19(15-21(27)28)16-24-10-12-25(13-11-24)17-22(29)26-7-4-2-3-5-8-26/h6,9,14-15H,2-5,7-8,10-13,16-17H2,1H3. The summed E-state index contributed by atoms with van der Waals surface area (Å²) in [4.78, 5) is 36.3. The zero-order valence-corrected chi connectivity index (χ0v) is 17.3. The van der Waals surface area contributed by atoms with Crippen LogP contribution >= 0.6 is 0 Å². The molecule has 4 rings (SSSR count). The van der Waals surface area contributed by atoms with Gasteiger partial charge in [0.15, 0.2) is 0 Å². The number of rotatable bonds is 4. The van der Waals surface area contributed by atoms with Gasteiger partial charge in [0, 0.05) is 58.1 Å². The van der Waals surface area contributed by atoms with Crippen LogP contribution in [-0.2, 0) is 11.3 Å². The molecule has 4 heterocycles. The van der Waals surface area contributed by atoms with Gasteiger partial charge in [-0.1, -0.05) is 12.8 Å². The van der Waals surface area contributed by atoms with Crippen LogP contribution in [0, 0.1) is 6.92 Å². The molecule has 0 saturated carbocycles. The molecule has 0 bridgehead atoms. The summed E-state index contributed by atoms with van der Waals surface area (Å²) in [5.74, 6) is 0.278. The van der Waals surface area contributed by atoms with E-state index in [2.05, 4.69) is 14.8 Å². The van der Waals surface area contributed by atoms with Crippen molar-refractivity contribution in [1.29, 1.82) is 0 Å². The van der Waals surface area contributed by atoms with Crippen LogP contribution in [0.25, 0.3) is 5.65 Å². The quantitative estimate of drug-likeness (QED) is 0.783. The van der Waals surface area contributed by atoms with Crippen LogP contribution in [0.15, 0.2) is 29.2 Å². The van der Waals surface area contributed by atoms with Gasteiger partial charge in [-0.05, 0) is 37.5 Å². The Kier molecular flexibility index (Phi) is 6.25. The van der Waals surface area contributed by atoms with E-state index in [1.165, 1.54) is 12.8 Å². The summed E-state index contributed by atoms with van der Waals surface area (Å²) in [7, 11) is 0. The van der Waals surface area contributed by atoms with Crippen LogP contribution in [0.2, 0.25) is 0 Å². The number of carbonyl (C=O) groups is 1. The van der Waals surface area contributed by atoms with Crippen LogP contribution in [0.3, 0.4) is 0 Å². The molecule has 7 heteroatoms. The second-order valence-corrected chi connectivity index (χ2v) is 8.37. The van der Waals surface area contributed by atoms with Gasteiger partial charge in [-0.3, -0.25) is 23.8 Å². The number of nitrogens with zero attached hydrogens (tertiary/aromatic N) is 5. The van der Waals surface area contributed by atoms with Gasteiger partial charge in [-0.15, -0.1) is 0 Å². The molecule has 156 valence electrons. The minimum absolute atomic E-state index is 0.0355. The molecule has 0 unspecified atom stereocenters. The summed E-state index contributed by atoms with van der Waals surface area (Å²) in [6.45, 7) is 8.59. The summed E-state index contributed by atoms with van der Waals surface area (Å²) in [5, 5.41) is 0. The van der Waals surface area contributed by atoms with E-state index in [4.69, 9.17) is 0 Å². The highest BCUT2D eigenvalue weighted by Gasteiger charge is 2.22. The first-order valence-electron chi connectivity index (χ1n) is 10.8. The maximum Gasteiger partial charge on any atom is 0.258 e. The highest BCUT2D eigenvalue weighted by Crippen LogP contribution is 2.12. The van der Waals surface area contributed by atoms with Crippen molar-refractivity contribution < 1.29 is 4.79 Å². The van der Waals surface area contributed by atoms with Crippen molar-refractivity contribution in [3.05, 3.63) is 46.0 Å². The number of hydrogen-bond acceptors (Lipinski definition) is 5. The fourth-order valence-corrected chi connectivity index (χ4v) is 4.28. The number of piperazine rings is 1. The Morgan fingerprint density at radius 3 is 2.38 bits per heavy atom. The largest absolute Gasteiger partial charge is 0.342 e. The molecule has 1 amide bonds. The Hall–Kier alpha value is -2.25. The lowest BCUT2D eigenvalue weighted by Gasteiger charge is -2.35. The van der Waals surface area contributed by atoms with Crippen molar-refractivity contribution in [2.24, 2.45) is 0 Å². The minimum Gasteiger partial charge on any atom is -0.342 e. The zero-order chi connectivity index (χ0) is 20.2. The molecule has 0 N–H and O–H groups in total. The molecule has 2 aromatic rings. The maximum absolute atomic E-state index is 12.6. The lowest BCUT2D eigenvalue weighted by Crippen LogP contribution is -2.50. The summed E-state index contributed by atoms with van der Waals surface area (Å²) in [6.07, 6.45) is 6.54. The van der Waals surface area contributed by atoms with Gasteiger partial charge in [0.2, 0.25) is 5.91 Å². The molecule has 2 fully saturated rings. The van der Waals surface area contributed by atoms with Crippen molar-refractivity contribution in [2.75, 3.05) is 45.8 Å². The Morgan fingerprint density at radius 1 is 0.966 bits per heavy atom. The number of aryl methyl sites for hydroxylation is 1. The Labute approximate surface area is 171 Å². The number of hydrogen-bond donors (Lipinski definition) is 0. The van der Waals surface area contributed by atoms with Gasteiger partial charge in [-0.2, -0.15) is 0 Å². The van der Waals surface area contributed by atoms with Crippen molar-refractivity contribution in [2.45, 2.75) is 39.2 Å². The molecule has 0 aromatic carbocycles. The molecule has 2 aliphatic heterocycles. The smallest absolute Gasteiger partial charge is 0.258 e. The van der Waals surface area contributed by atoms with Gasteiger partial charge in [0.05, 0.1) is 12.2 Å². The molecular weight excluding hydrogens is 366 g/mol. The molecular formula is C22H31N5O2. The van der Waals surface area contributed by atoms with E-state index >= 15 is 0 Å². The van der Waals surface area contributed by atoms with Crippen molar-refractivity contribution in [3.63, 3.8) is 0 Å². The molecule has 0 spiro atoms. The number of pyridine rings is 1. The summed E-state index contributed by atoms with van der Waals surface area (Å²) in [5.41, 5.74) is 2.58. The van der Waals surface area contributed by atoms with Gasteiger partial charge >= 0.3 is 0 Å². The fraction of sp³-hybridized carbons (Fsp3) is 0.591. The van der Waals surface area contributed by atoms with Gasteiger partial charge in [0.25, 0.3) is 5.56 Å². The normalized spacial score (nSPS) is 19.4. The highest BCUT2D eigenvalue weighted by atomic mass is 16.2. The second-order valence-electron chi connectivity index (χ2n) is 8.37. The van der Waals surface area contributed by atoms with E-state index in [-0.39, 0.29) is 11.5 Å². The molecule has 2 aliphatic rings. The first-order valence-corrected chi connectivity index (χ1v) is 10.8. The fourth-order valence-electron chi connectivity index (χ4n) is 4.28. The second kappa shape index (κ2) is 9.05. The third-order valence-electron chi connectivity index (χ3n) is 6.04. The van der Waals surface area contributed by atoms with Crippen LogP contribution in [0.4, 0.5) is 0 Å². The lowest BCUT2D eigenvalue weighted by molar-refractivity contribution is -0.132. The maximum atomic E-state index is 12.6. The number of amides is 1. The average molecular weight is 398 g/mol. The van der Waals surface area contributed by atoms with E-state index in [1.54, 1.807) is 16.7 Å². The average Bonchev–Trinajstić information content (AvgIpc) is 2.99. The monoisotopic (exact) mass is 397 g/mol. The topological polar surface area (TPSA) is 61.2 Å². The van der Waals surface area contributed by atoms with E-state index in [0.29, 0.717) is 18.7 Å². The summed E-state index contributed by atoms with van der Waals surface area (Å²) < 4.78 is 1.59. The molecule has 7 nitrogen and oxygen atoms in total. The van der Waals surface area contributed by atoms with E-state index in [0.717, 1.165) is 63.4 Å². The van der Waals surface area contributed by atoms with Crippen LogP contribution in [-0.4, -0.2) is 75.8 Å². The Morgan fingerprint density at radius 2 is 1.66 bits per heavy atom. The molecule has 29 heavy (non-hydrogen) atoms. The Balaban J connectivity index is 1.31. The molecule has 0 atom stereocenters. The summed E-state index contributed by atoms with van der Waals surface area (Å²) >= 11 is 0. The lowest BCUT2D eigenvalue weighted by atomic mass is 10.2. The first-order chi connectivity index (χ1) is 14.1. The third-order valence-corrected chi connectivity index (χ3v) is 6.04. The van der Waals surface area contributed by atoms with Gasteiger partial charge in [0.1, 0.15) is 5.65 Å².